The van der Waals surface area contributed by atoms with E-state index in [1.807, 2.05) is 0 Å². The lowest BCUT2D eigenvalue weighted by molar-refractivity contribution is -0.117. The molecule has 0 unspecified atom stereocenters. The first-order valence-electron chi connectivity index (χ1n) is 4.26. The molecular weight excluding hydrogens is 184 g/mol. The maximum absolute atomic E-state index is 11.3. The molecule has 1 rings (SSSR count). The Morgan fingerprint density at radius 1 is 1.57 bits per heavy atom. The molecule has 0 aromatic carbocycles. The fourth-order valence-electron chi connectivity index (χ4n) is 0.936. The highest BCUT2D eigenvalue weighted by Gasteiger charge is 2.10. The SMILES string of the molecule is CC(=O)CCOC(=O)c1ccnn1C. The molecule has 1 heterocycles. The number of rotatable bonds is 4. The zero-order valence-corrected chi connectivity index (χ0v) is 8.19. The minimum Gasteiger partial charge on any atom is -0.461 e. The second kappa shape index (κ2) is 4.55. The van der Waals surface area contributed by atoms with Gasteiger partial charge in [0.25, 0.3) is 0 Å². The van der Waals surface area contributed by atoms with Crippen LogP contribution in [0.5, 0.6) is 0 Å². The highest BCUT2D eigenvalue weighted by atomic mass is 16.5. The van der Waals surface area contributed by atoms with Crippen molar-refractivity contribution in [1.82, 2.24) is 9.78 Å². The molecule has 0 N–H and O–H groups in total. The molecule has 0 aliphatic rings. The summed E-state index contributed by atoms with van der Waals surface area (Å²) in [5.74, 6) is -0.450. The van der Waals surface area contributed by atoms with Gasteiger partial charge in [0, 0.05) is 19.7 Å². The van der Waals surface area contributed by atoms with Crippen LogP contribution in [0.2, 0.25) is 0 Å². The fraction of sp³-hybridized carbons (Fsp3) is 0.444. The van der Waals surface area contributed by atoms with Gasteiger partial charge in [0.05, 0.1) is 6.61 Å². The molecule has 0 radical (unpaired) electrons. The normalized spacial score (nSPS) is 9.86. The lowest BCUT2D eigenvalue weighted by atomic mass is 10.3. The van der Waals surface area contributed by atoms with Crippen LogP contribution in [0.3, 0.4) is 0 Å². The summed E-state index contributed by atoms with van der Waals surface area (Å²) >= 11 is 0. The second-order valence-electron chi connectivity index (χ2n) is 2.93. The van der Waals surface area contributed by atoms with E-state index in [9.17, 15) is 9.59 Å². The van der Waals surface area contributed by atoms with Gasteiger partial charge in [0.1, 0.15) is 11.5 Å². The first kappa shape index (κ1) is 10.4. The zero-order chi connectivity index (χ0) is 10.6. The van der Waals surface area contributed by atoms with Gasteiger partial charge in [-0.3, -0.25) is 9.48 Å². The third-order valence-electron chi connectivity index (χ3n) is 1.72. The lowest BCUT2D eigenvalue weighted by Gasteiger charge is -2.02. The second-order valence-corrected chi connectivity index (χ2v) is 2.93. The Morgan fingerprint density at radius 3 is 2.79 bits per heavy atom. The van der Waals surface area contributed by atoms with Crippen LogP contribution in [-0.2, 0) is 16.6 Å². The largest absolute Gasteiger partial charge is 0.461 e. The van der Waals surface area contributed by atoms with Gasteiger partial charge in [-0.05, 0) is 13.0 Å². The first-order chi connectivity index (χ1) is 6.61. The maximum Gasteiger partial charge on any atom is 0.356 e. The number of hydrogen-bond donors (Lipinski definition) is 0. The van der Waals surface area contributed by atoms with E-state index in [0.29, 0.717) is 5.69 Å². The van der Waals surface area contributed by atoms with Gasteiger partial charge in [-0.2, -0.15) is 5.10 Å². The number of ketones is 1. The fourth-order valence-corrected chi connectivity index (χ4v) is 0.936. The molecule has 14 heavy (non-hydrogen) atoms. The number of Topliss-reactive ketones (excluding diaryl/α,β-unsaturated/α-hetero) is 1. The van der Waals surface area contributed by atoms with E-state index in [-0.39, 0.29) is 18.8 Å². The molecule has 0 spiro atoms. The summed E-state index contributed by atoms with van der Waals surface area (Å²) < 4.78 is 6.28. The number of esters is 1. The predicted octanol–water partition coefficient (Wildman–Crippen LogP) is 0.556. The summed E-state index contributed by atoms with van der Waals surface area (Å²) in [5, 5.41) is 3.83. The molecule has 0 atom stereocenters. The van der Waals surface area contributed by atoms with Crippen LogP contribution >= 0.6 is 0 Å². The molecule has 0 aliphatic carbocycles. The van der Waals surface area contributed by atoms with Crippen molar-refractivity contribution in [3.8, 4) is 0 Å². The Hall–Kier alpha value is -1.65. The predicted molar refractivity (Wildman–Crippen MR) is 48.8 cm³/mol. The summed E-state index contributed by atoms with van der Waals surface area (Å²) in [4.78, 5) is 21.9. The molecule has 0 amide bonds. The summed E-state index contributed by atoms with van der Waals surface area (Å²) in [6.45, 7) is 1.58. The minimum atomic E-state index is -0.453. The maximum atomic E-state index is 11.3. The van der Waals surface area contributed by atoms with Crippen LogP contribution in [0.15, 0.2) is 12.3 Å². The summed E-state index contributed by atoms with van der Waals surface area (Å²) in [7, 11) is 1.65. The summed E-state index contributed by atoms with van der Waals surface area (Å²) in [6, 6.07) is 1.57. The molecule has 5 heteroatoms. The number of aromatic nitrogens is 2. The number of carbonyl (C=O) groups excluding carboxylic acids is 2. The third kappa shape index (κ3) is 2.69. The minimum absolute atomic E-state index is 0.00260. The van der Waals surface area contributed by atoms with E-state index in [1.54, 1.807) is 13.1 Å². The molecule has 0 saturated carbocycles. The third-order valence-corrected chi connectivity index (χ3v) is 1.72. The monoisotopic (exact) mass is 196 g/mol. The van der Waals surface area contributed by atoms with Crippen molar-refractivity contribution in [3.63, 3.8) is 0 Å². The zero-order valence-electron chi connectivity index (χ0n) is 8.19. The van der Waals surface area contributed by atoms with Gasteiger partial charge in [-0.15, -0.1) is 0 Å². The molecule has 0 aliphatic heterocycles. The Bertz CT molecular complexity index is 344. The van der Waals surface area contributed by atoms with Crippen LogP contribution < -0.4 is 0 Å². The van der Waals surface area contributed by atoms with Crippen LogP contribution in [0, 0.1) is 0 Å². The van der Waals surface area contributed by atoms with Gasteiger partial charge in [-0.25, -0.2) is 4.79 Å². The number of ether oxygens (including phenoxy) is 1. The van der Waals surface area contributed by atoms with E-state index in [1.165, 1.54) is 17.8 Å². The van der Waals surface area contributed by atoms with Crippen LogP contribution in [0.1, 0.15) is 23.8 Å². The average molecular weight is 196 g/mol. The van der Waals surface area contributed by atoms with Crippen molar-refractivity contribution in [2.75, 3.05) is 6.61 Å². The van der Waals surface area contributed by atoms with Gasteiger partial charge in [0.2, 0.25) is 0 Å². The van der Waals surface area contributed by atoms with Gasteiger partial charge in [0.15, 0.2) is 0 Å². The molecule has 0 saturated heterocycles. The van der Waals surface area contributed by atoms with E-state index < -0.39 is 5.97 Å². The molecule has 0 bridgehead atoms. The molecule has 5 nitrogen and oxygen atoms in total. The van der Waals surface area contributed by atoms with Crippen molar-refractivity contribution in [2.24, 2.45) is 7.05 Å². The van der Waals surface area contributed by atoms with Crippen LogP contribution in [0.25, 0.3) is 0 Å². The van der Waals surface area contributed by atoms with Gasteiger partial charge >= 0.3 is 5.97 Å². The van der Waals surface area contributed by atoms with Crippen LogP contribution in [0.4, 0.5) is 0 Å². The Labute approximate surface area is 81.7 Å². The number of aryl methyl sites for hydroxylation is 1. The molecular formula is C9H12N2O3. The highest BCUT2D eigenvalue weighted by molar-refractivity contribution is 5.87. The molecule has 1 aromatic rings. The van der Waals surface area contributed by atoms with Crippen molar-refractivity contribution in [2.45, 2.75) is 13.3 Å². The lowest BCUT2D eigenvalue weighted by Crippen LogP contribution is -2.12. The van der Waals surface area contributed by atoms with Crippen molar-refractivity contribution in [1.29, 1.82) is 0 Å². The average Bonchev–Trinajstić information content (AvgIpc) is 2.50. The van der Waals surface area contributed by atoms with Gasteiger partial charge < -0.3 is 4.74 Å². The number of carbonyl (C=O) groups is 2. The van der Waals surface area contributed by atoms with Crippen molar-refractivity contribution < 1.29 is 14.3 Å². The van der Waals surface area contributed by atoms with Gasteiger partial charge in [-0.1, -0.05) is 0 Å². The Balaban J connectivity index is 2.44. The Kier molecular flexibility index (Phi) is 3.39. The highest BCUT2D eigenvalue weighted by Crippen LogP contribution is 1.99. The smallest absolute Gasteiger partial charge is 0.356 e. The summed E-state index contributed by atoms with van der Waals surface area (Å²) in [5.41, 5.74) is 0.383. The van der Waals surface area contributed by atoms with E-state index in [4.69, 9.17) is 4.74 Å². The van der Waals surface area contributed by atoms with E-state index >= 15 is 0 Å². The van der Waals surface area contributed by atoms with E-state index in [0.717, 1.165) is 0 Å². The molecule has 76 valence electrons. The Morgan fingerprint density at radius 2 is 2.29 bits per heavy atom. The van der Waals surface area contributed by atoms with Crippen LogP contribution in [-0.4, -0.2) is 28.1 Å². The number of nitrogens with zero attached hydrogens (tertiary/aromatic N) is 2. The van der Waals surface area contributed by atoms with Crippen molar-refractivity contribution >= 4 is 11.8 Å². The standard InChI is InChI=1S/C9H12N2O3/c1-7(12)4-6-14-9(13)8-3-5-10-11(8)2/h3,5H,4,6H2,1-2H3. The molecule has 1 aromatic heterocycles. The number of hydrogen-bond acceptors (Lipinski definition) is 4. The topological polar surface area (TPSA) is 61.2 Å². The molecule has 0 fully saturated rings. The summed E-state index contributed by atoms with van der Waals surface area (Å²) in [6.07, 6.45) is 1.77. The van der Waals surface area contributed by atoms with E-state index in [2.05, 4.69) is 5.10 Å². The quantitative estimate of drug-likeness (QED) is 0.660. The first-order valence-corrected chi connectivity index (χ1v) is 4.26. The van der Waals surface area contributed by atoms with Crippen molar-refractivity contribution in [3.05, 3.63) is 18.0 Å².